The molecule has 2 aromatic heterocycles. The molecule has 0 bridgehead atoms. The van der Waals surface area contributed by atoms with Gasteiger partial charge in [-0.15, -0.1) is 5.10 Å². The van der Waals surface area contributed by atoms with Crippen LogP contribution in [0.15, 0.2) is 18.6 Å². The van der Waals surface area contributed by atoms with Crippen LogP contribution in [-0.4, -0.2) is 51.3 Å². The van der Waals surface area contributed by atoms with Crippen molar-refractivity contribution in [3.63, 3.8) is 0 Å². The lowest BCUT2D eigenvalue weighted by molar-refractivity contribution is 0.0380. The first-order valence-corrected chi connectivity index (χ1v) is 6.03. The summed E-state index contributed by atoms with van der Waals surface area (Å²) in [5.41, 5.74) is 1.56. The van der Waals surface area contributed by atoms with Crippen molar-refractivity contribution < 1.29 is 14.3 Å². The van der Waals surface area contributed by atoms with Crippen molar-refractivity contribution in [3.8, 4) is 0 Å². The normalized spacial score (nSPS) is 10.5. The van der Waals surface area contributed by atoms with E-state index < -0.39 is 5.97 Å². The average Bonchev–Trinajstić information content (AvgIpc) is 2.82. The Morgan fingerprint density at radius 3 is 2.90 bits per heavy atom. The van der Waals surface area contributed by atoms with Crippen LogP contribution in [0.25, 0.3) is 0 Å². The summed E-state index contributed by atoms with van der Waals surface area (Å²) < 4.78 is 11.4. The highest BCUT2D eigenvalue weighted by Crippen LogP contribution is 2.07. The first kappa shape index (κ1) is 14.1. The van der Waals surface area contributed by atoms with E-state index in [-0.39, 0.29) is 12.3 Å². The molecule has 2 heterocycles. The van der Waals surface area contributed by atoms with Crippen molar-refractivity contribution in [3.05, 3.63) is 35.7 Å². The molecule has 0 aliphatic rings. The molecule has 0 unspecified atom stereocenters. The lowest BCUT2D eigenvalue weighted by Crippen LogP contribution is -2.12. The highest BCUT2D eigenvalue weighted by atomic mass is 16.6. The van der Waals surface area contributed by atoms with Gasteiger partial charge in [-0.3, -0.25) is 9.97 Å². The minimum atomic E-state index is -0.509. The van der Waals surface area contributed by atoms with Crippen molar-refractivity contribution in [2.45, 2.75) is 13.5 Å². The molecule has 0 N–H and O–H groups in total. The van der Waals surface area contributed by atoms with Crippen molar-refractivity contribution in [2.24, 2.45) is 0 Å². The summed E-state index contributed by atoms with van der Waals surface area (Å²) in [5.74, 6) is -0.509. The highest BCUT2D eigenvalue weighted by molar-refractivity contribution is 5.88. The van der Waals surface area contributed by atoms with Gasteiger partial charge in [0.25, 0.3) is 0 Å². The summed E-state index contributed by atoms with van der Waals surface area (Å²) in [6.07, 6.45) is 4.83. The molecule has 0 aliphatic carbocycles. The van der Waals surface area contributed by atoms with Crippen LogP contribution in [0.1, 0.15) is 21.9 Å². The molecule has 0 aliphatic heterocycles. The minimum absolute atomic E-state index is 0.186. The second kappa shape index (κ2) is 6.71. The summed E-state index contributed by atoms with van der Waals surface area (Å²) in [4.78, 5) is 19.9. The van der Waals surface area contributed by atoms with E-state index in [1.807, 2.05) is 0 Å². The summed E-state index contributed by atoms with van der Waals surface area (Å²) in [7, 11) is 1.54. The van der Waals surface area contributed by atoms with Gasteiger partial charge in [0.2, 0.25) is 0 Å². The number of nitrogens with zero attached hydrogens (tertiary/aromatic N) is 5. The van der Waals surface area contributed by atoms with Crippen LogP contribution < -0.4 is 0 Å². The van der Waals surface area contributed by atoms with Crippen molar-refractivity contribution >= 4 is 5.97 Å². The monoisotopic (exact) mass is 277 g/mol. The van der Waals surface area contributed by atoms with Gasteiger partial charge in [-0.1, -0.05) is 5.21 Å². The molecular weight excluding hydrogens is 262 g/mol. The van der Waals surface area contributed by atoms with E-state index in [1.54, 1.807) is 30.2 Å². The second-order valence-electron chi connectivity index (χ2n) is 4.01. The predicted molar refractivity (Wildman–Crippen MR) is 68.1 cm³/mol. The van der Waals surface area contributed by atoms with Crippen molar-refractivity contribution in [2.75, 3.05) is 20.3 Å². The number of hydrogen-bond acceptors (Lipinski definition) is 7. The quantitative estimate of drug-likeness (QED) is 0.551. The molecule has 8 nitrogen and oxygen atoms in total. The van der Waals surface area contributed by atoms with Crippen LogP contribution in [0.2, 0.25) is 0 Å². The number of carbonyl (C=O) groups is 1. The van der Waals surface area contributed by atoms with E-state index in [0.717, 1.165) is 5.69 Å². The van der Waals surface area contributed by atoms with E-state index in [9.17, 15) is 4.79 Å². The van der Waals surface area contributed by atoms with Crippen LogP contribution in [0.3, 0.4) is 0 Å². The molecule has 0 spiro atoms. The topological polar surface area (TPSA) is 92.0 Å². The third-order valence-electron chi connectivity index (χ3n) is 2.62. The van der Waals surface area contributed by atoms with Crippen LogP contribution >= 0.6 is 0 Å². The molecule has 0 radical (unpaired) electrons. The zero-order valence-corrected chi connectivity index (χ0v) is 11.3. The molecule has 20 heavy (non-hydrogen) atoms. The SMILES string of the molecule is COCCOC(=O)c1nnn(Cc2cnccn2)c1C. The lowest BCUT2D eigenvalue weighted by atomic mass is 10.3. The van der Waals surface area contributed by atoms with Gasteiger partial charge in [-0.2, -0.15) is 0 Å². The summed E-state index contributed by atoms with van der Waals surface area (Å²) in [6.45, 7) is 2.69. The smallest absolute Gasteiger partial charge is 0.360 e. The number of hydrogen-bond donors (Lipinski definition) is 0. The average molecular weight is 277 g/mol. The van der Waals surface area contributed by atoms with Gasteiger partial charge in [-0.25, -0.2) is 9.48 Å². The molecule has 0 saturated heterocycles. The molecule has 0 atom stereocenters. The first-order valence-electron chi connectivity index (χ1n) is 6.03. The first-order chi connectivity index (χ1) is 9.72. The number of rotatable bonds is 6. The Labute approximate surface area is 115 Å². The summed E-state index contributed by atoms with van der Waals surface area (Å²) >= 11 is 0. The number of ether oxygens (including phenoxy) is 2. The number of esters is 1. The van der Waals surface area contributed by atoms with E-state index in [4.69, 9.17) is 9.47 Å². The van der Waals surface area contributed by atoms with Gasteiger partial charge in [0.05, 0.1) is 30.7 Å². The van der Waals surface area contributed by atoms with Gasteiger partial charge >= 0.3 is 5.97 Å². The van der Waals surface area contributed by atoms with Gasteiger partial charge in [-0.05, 0) is 6.92 Å². The fourth-order valence-electron chi connectivity index (χ4n) is 1.55. The molecule has 0 amide bonds. The van der Waals surface area contributed by atoms with Gasteiger partial charge in [0.15, 0.2) is 5.69 Å². The fraction of sp³-hybridized carbons (Fsp3) is 0.417. The zero-order valence-electron chi connectivity index (χ0n) is 11.3. The van der Waals surface area contributed by atoms with E-state index in [2.05, 4.69) is 20.3 Å². The molecule has 0 fully saturated rings. The van der Waals surface area contributed by atoms with Crippen molar-refractivity contribution in [1.29, 1.82) is 0 Å². The molecular formula is C12H15N5O3. The fourth-order valence-corrected chi connectivity index (χ4v) is 1.55. The Morgan fingerprint density at radius 2 is 2.20 bits per heavy atom. The van der Waals surface area contributed by atoms with Gasteiger partial charge < -0.3 is 9.47 Å². The highest BCUT2D eigenvalue weighted by Gasteiger charge is 2.18. The van der Waals surface area contributed by atoms with Crippen LogP contribution in [0, 0.1) is 6.92 Å². The maximum atomic E-state index is 11.8. The minimum Gasteiger partial charge on any atom is -0.458 e. The molecule has 2 aromatic rings. The van der Waals surface area contributed by atoms with Crippen molar-refractivity contribution in [1.82, 2.24) is 25.0 Å². The molecule has 2 rings (SSSR count). The lowest BCUT2D eigenvalue weighted by Gasteiger charge is -2.04. The molecule has 0 aromatic carbocycles. The Morgan fingerprint density at radius 1 is 1.35 bits per heavy atom. The zero-order chi connectivity index (χ0) is 14.4. The third kappa shape index (κ3) is 3.35. The molecule has 0 saturated carbocycles. The Hall–Kier alpha value is -2.35. The maximum absolute atomic E-state index is 11.8. The molecule has 106 valence electrons. The van der Waals surface area contributed by atoms with E-state index in [0.29, 0.717) is 18.8 Å². The third-order valence-corrected chi connectivity index (χ3v) is 2.62. The number of carbonyl (C=O) groups excluding carboxylic acids is 1. The van der Waals surface area contributed by atoms with Crippen LogP contribution in [0.5, 0.6) is 0 Å². The number of methoxy groups -OCH3 is 1. The molecule has 8 heteroatoms. The standard InChI is InChI=1S/C12H15N5O3/c1-9-11(12(18)20-6-5-19-2)15-16-17(9)8-10-7-13-3-4-14-10/h3-4,7H,5-6,8H2,1-2H3. The van der Waals surface area contributed by atoms with E-state index in [1.165, 1.54) is 7.11 Å². The van der Waals surface area contributed by atoms with Gasteiger partial charge in [0, 0.05) is 19.5 Å². The second-order valence-corrected chi connectivity index (χ2v) is 4.01. The predicted octanol–water partition coefficient (Wildman–Crippen LogP) is 0.228. The Kier molecular flexibility index (Phi) is 4.72. The Balaban J connectivity index is 2.05. The summed E-state index contributed by atoms with van der Waals surface area (Å²) in [6, 6.07) is 0. The Bertz CT molecular complexity index is 570. The largest absolute Gasteiger partial charge is 0.458 e. The van der Waals surface area contributed by atoms with Crippen LogP contribution in [0.4, 0.5) is 0 Å². The van der Waals surface area contributed by atoms with E-state index >= 15 is 0 Å². The maximum Gasteiger partial charge on any atom is 0.360 e. The number of aromatic nitrogens is 5. The summed E-state index contributed by atoms with van der Waals surface area (Å²) in [5, 5.41) is 7.77. The van der Waals surface area contributed by atoms with Gasteiger partial charge in [0.1, 0.15) is 6.61 Å². The van der Waals surface area contributed by atoms with Crippen LogP contribution in [-0.2, 0) is 16.0 Å².